The molecule has 0 radical (unpaired) electrons. The van der Waals surface area contributed by atoms with Gasteiger partial charge in [-0.2, -0.15) is 0 Å². The first-order chi connectivity index (χ1) is 13.0. The number of aromatic nitrogens is 2. The van der Waals surface area contributed by atoms with E-state index in [0.29, 0.717) is 18.3 Å². The summed E-state index contributed by atoms with van der Waals surface area (Å²) in [5.74, 6) is 1.84. The smallest absolute Gasteiger partial charge is 0.223 e. The van der Waals surface area contributed by atoms with Crippen molar-refractivity contribution in [2.45, 2.75) is 26.7 Å². The Labute approximate surface area is 164 Å². The predicted octanol–water partition coefficient (Wildman–Crippen LogP) is 3.16. The minimum atomic E-state index is 0.0294. The van der Waals surface area contributed by atoms with Gasteiger partial charge in [0, 0.05) is 19.0 Å². The Balaban J connectivity index is 1.40. The van der Waals surface area contributed by atoms with Crippen LogP contribution in [0.1, 0.15) is 24.0 Å². The molecular formula is C20H25ClN4O2. The van der Waals surface area contributed by atoms with Crippen molar-refractivity contribution in [1.29, 1.82) is 0 Å². The Morgan fingerprint density at radius 1 is 1.19 bits per heavy atom. The number of amides is 1. The zero-order valence-corrected chi connectivity index (χ0v) is 16.5. The van der Waals surface area contributed by atoms with Gasteiger partial charge in [-0.3, -0.25) is 4.79 Å². The molecule has 1 saturated heterocycles. The van der Waals surface area contributed by atoms with E-state index in [1.807, 2.05) is 38.1 Å². The number of rotatable bonds is 6. The third-order valence-electron chi connectivity index (χ3n) is 4.86. The zero-order valence-electron chi connectivity index (χ0n) is 15.7. The van der Waals surface area contributed by atoms with Gasteiger partial charge in [0.05, 0.1) is 6.54 Å². The van der Waals surface area contributed by atoms with Gasteiger partial charge in [-0.15, -0.1) is 10.2 Å². The lowest BCUT2D eigenvalue weighted by Crippen LogP contribution is -2.41. The summed E-state index contributed by atoms with van der Waals surface area (Å²) in [5.41, 5.74) is 2.22. The van der Waals surface area contributed by atoms with Crippen molar-refractivity contribution in [1.82, 2.24) is 15.5 Å². The molecule has 7 heteroatoms. The van der Waals surface area contributed by atoms with Crippen molar-refractivity contribution in [3.63, 3.8) is 0 Å². The average Bonchev–Trinajstić information content (AvgIpc) is 2.67. The number of halogens is 1. The maximum atomic E-state index is 12.4. The number of nitrogens with one attached hydrogen (secondary N) is 1. The fraction of sp³-hybridized carbons (Fsp3) is 0.450. The van der Waals surface area contributed by atoms with Gasteiger partial charge in [-0.25, -0.2) is 0 Å². The predicted molar refractivity (Wildman–Crippen MR) is 106 cm³/mol. The first-order valence-corrected chi connectivity index (χ1v) is 9.63. The Kier molecular flexibility index (Phi) is 6.50. The lowest BCUT2D eigenvalue weighted by molar-refractivity contribution is -0.125. The Bertz CT molecular complexity index is 754. The number of benzene rings is 1. The third-order valence-corrected chi connectivity index (χ3v) is 5.07. The van der Waals surface area contributed by atoms with Gasteiger partial charge < -0.3 is 15.0 Å². The molecule has 1 aliphatic rings. The van der Waals surface area contributed by atoms with Crippen molar-refractivity contribution < 1.29 is 9.53 Å². The molecule has 2 aromatic rings. The second-order valence-electron chi connectivity index (χ2n) is 6.84. The third kappa shape index (κ3) is 5.10. The molecule has 1 aromatic heterocycles. The first kappa shape index (κ1) is 19.4. The number of nitrogens with zero attached hydrogens (tertiary/aromatic N) is 3. The van der Waals surface area contributed by atoms with Crippen LogP contribution in [0.25, 0.3) is 0 Å². The number of hydrogen-bond donors (Lipinski definition) is 1. The Morgan fingerprint density at radius 3 is 2.52 bits per heavy atom. The second kappa shape index (κ2) is 9.04. The lowest BCUT2D eigenvalue weighted by atomic mass is 9.96. The molecule has 1 fully saturated rings. The van der Waals surface area contributed by atoms with Crippen LogP contribution in [-0.4, -0.2) is 42.3 Å². The molecule has 3 rings (SSSR count). The number of hydrogen-bond acceptors (Lipinski definition) is 5. The number of ether oxygens (including phenoxy) is 1. The number of aryl methyl sites for hydroxylation is 2. The molecule has 0 bridgehead atoms. The van der Waals surface area contributed by atoms with Crippen molar-refractivity contribution in [3.05, 3.63) is 46.6 Å². The summed E-state index contributed by atoms with van der Waals surface area (Å²) in [6.07, 6.45) is 1.60. The molecule has 1 N–H and O–H groups in total. The zero-order chi connectivity index (χ0) is 19.2. The van der Waals surface area contributed by atoms with E-state index in [0.717, 1.165) is 48.6 Å². The monoisotopic (exact) mass is 388 g/mol. The number of carbonyl (C=O) groups excluding carboxylic acids is 1. The standard InChI is InChI=1S/C20H25ClN4O2/c1-14-4-3-5-15(2)19(14)27-13-10-22-20(26)16-8-11-25(12-9-16)18-7-6-17(21)23-24-18/h3-7,16H,8-13H2,1-2H3,(H,22,26). The summed E-state index contributed by atoms with van der Waals surface area (Å²) in [5, 5.41) is 11.4. The first-order valence-electron chi connectivity index (χ1n) is 9.25. The van der Waals surface area contributed by atoms with Crippen LogP contribution in [0.4, 0.5) is 5.82 Å². The summed E-state index contributed by atoms with van der Waals surface area (Å²) in [6.45, 7) is 6.60. The van der Waals surface area contributed by atoms with E-state index in [1.54, 1.807) is 6.07 Å². The summed E-state index contributed by atoms with van der Waals surface area (Å²) in [7, 11) is 0. The van der Waals surface area contributed by atoms with Gasteiger partial charge in [0.1, 0.15) is 12.4 Å². The highest BCUT2D eigenvalue weighted by Crippen LogP contribution is 2.23. The van der Waals surface area contributed by atoms with E-state index in [4.69, 9.17) is 16.3 Å². The quantitative estimate of drug-likeness (QED) is 0.770. The van der Waals surface area contributed by atoms with E-state index in [9.17, 15) is 4.79 Å². The molecule has 0 spiro atoms. The molecule has 6 nitrogen and oxygen atoms in total. The molecule has 2 heterocycles. The van der Waals surface area contributed by atoms with Crippen LogP contribution in [0.15, 0.2) is 30.3 Å². The molecule has 0 aliphatic carbocycles. The summed E-state index contributed by atoms with van der Waals surface area (Å²) < 4.78 is 5.84. The fourth-order valence-electron chi connectivity index (χ4n) is 3.35. The minimum Gasteiger partial charge on any atom is -0.491 e. The number of piperidine rings is 1. The topological polar surface area (TPSA) is 67.3 Å². The van der Waals surface area contributed by atoms with Crippen molar-refractivity contribution in [2.24, 2.45) is 5.92 Å². The highest BCUT2D eigenvalue weighted by Gasteiger charge is 2.25. The van der Waals surface area contributed by atoms with Crippen LogP contribution in [-0.2, 0) is 4.79 Å². The van der Waals surface area contributed by atoms with Gasteiger partial charge in [0.25, 0.3) is 0 Å². The highest BCUT2D eigenvalue weighted by atomic mass is 35.5. The molecule has 27 heavy (non-hydrogen) atoms. The maximum absolute atomic E-state index is 12.4. The summed E-state index contributed by atoms with van der Waals surface area (Å²) in [4.78, 5) is 14.5. The minimum absolute atomic E-state index is 0.0294. The van der Waals surface area contributed by atoms with Gasteiger partial charge in [-0.1, -0.05) is 29.8 Å². The number of para-hydroxylation sites is 1. The van der Waals surface area contributed by atoms with Gasteiger partial charge in [-0.05, 0) is 49.9 Å². The maximum Gasteiger partial charge on any atom is 0.223 e. The Morgan fingerprint density at radius 2 is 1.89 bits per heavy atom. The highest BCUT2D eigenvalue weighted by molar-refractivity contribution is 6.29. The van der Waals surface area contributed by atoms with Gasteiger partial charge in [0.15, 0.2) is 11.0 Å². The summed E-state index contributed by atoms with van der Waals surface area (Å²) in [6, 6.07) is 9.67. The van der Waals surface area contributed by atoms with E-state index in [-0.39, 0.29) is 11.8 Å². The van der Waals surface area contributed by atoms with Gasteiger partial charge in [0.2, 0.25) is 5.91 Å². The van der Waals surface area contributed by atoms with Crippen LogP contribution >= 0.6 is 11.6 Å². The normalized spacial score (nSPS) is 14.9. The Hall–Kier alpha value is -2.34. The molecule has 1 aromatic carbocycles. The van der Waals surface area contributed by atoms with Crippen LogP contribution in [0, 0.1) is 19.8 Å². The molecule has 0 unspecified atom stereocenters. The fourth-order valence-corrected chi connectivity index (χ4v) is 3.45. The molecule has 1 aliphatic heterocycles. The van der Waals surface area contributed by atoms with Crippen molar-refractivity contribution >= 4 is 23.3 Å². The number of carbonyl (C=O) groups is 1. The SMILES string of the molecule is Cc1cccc(C)c1OCCNC(=O)C1CCN(c2ccc(Cl)nn2)CC1. The lowest BCUT2D eigenvalue weighted by Gasteiger charge is -2.31. The van der Waals surface area contributed by atoms with Gasteiger partial charge >= 0.3 is 0 Å². The number of anilines is 1. The van der Waals surface area contributed by atoms with Crippen LogP contribution in [0.3, 0.4) is 0 Å². The second-order valence-corrected chi connectivity index (χ2v) is 7.22. The van der Waals surface area contributed by atoms with Crippen LogP contribution in [0.2, 0.25) is 5.15 Å². The summed E-state index contributed by atoms with van der Waals surface area (Å²) >= 11 is 5.78. The molecule has 0 atom stereocenters. The average molecular weight is 389 g/mol. The van der Waals surface area contributed by atoms with E-state index in [2.05, 4.69) is 20.4 Å². The molecule has 0 saturated carbocycles. The van der Waals surface area contributed by atoms with E-state index in [1.165, 1.54) is 0 Å². The van der Waals surface area contributed by atoms with Crippen molar-refractivity contribution in [3.8, 4) is 5.75 Å². The molecule has 144 valence electrons. The van der Waals surface area contributed by atoms with Crippen LogP contribution < -0.4 is 15.0 Å². The van der Waals surface area contributed by atoms with E-state index >= 15 is 0 Å². The molecule has 1 amide bonds. The molecular weight excluding hydrogens is 364 g/mol. The van der Waals surface area contributed by atoms with Crippen molar-refractivity contribution in [2.75, 3.05) is 31.1 Å². The van der Waals surface area contributed by atoms with E-state index < -0.39 is 0 Å². The van der Waals surface area contributed by atoms with Crippen LogP contribution in [0.5, 0.6) is 5.75 Å². The largest absolute Gasteiger partial charge is 0.491 e.